The summed E-state index contributed by atoms with van der Waals surface area (Å²) in [5.41, 5.74) is 3.95. The molecule has 0 radical (unpaired) electrons. The number of halogens is 1. The van der Waals surface area contributed by atoms with E-state index in [9.17, 15) is 12.8 Å². The van der Waals surface area contributed by atoms with Gasteiger partial charge in [0.05, 0.1) is 10.6 Å². The molecule has 1 aromatic heterocycles. The quantitative estimate of drug-likeness (QED) is 0.500. The summed E-state index contributed by atoms with van der Waals surface area (Å²) in [5.74, 6) is -0.698. The van der Waals surface area contributed by atoms with Gasteiger partial charge in [0.1, 0.15) is 11.5 Å². The van der Waals surface area contributed by atoms with Gasteiger partial charge in [-0.25, -0.2) is 22.6 Å². The Kier molecular flexibility index (Phi) is 9.12. The van der Waals surface area contributed by atoms with E-state index in [0.717, 1.165) is 48.0 Å². The molecule has 174 valence electrons. The van der Waals surface area contributed by atoms with Crippen LogP contribution >= 0.6 is 0 Å². The van der Waals surface area contributed by atoms with Gasteiger partial charge in [-0.1, -0.05) is 49.3 Å². The molecule has 0 saturated carbocycles. The summed E-state index contributed by atoms with van der Waals surface area (Å²) in [6.07, 6.45) is 8.45. The summed E-state index contributed by atoms with van der Waals surface area (Å²) in [5, 5.41) is 9.78. The Morgan fingerprint density at radius 1 is 1.31 bits per heavy atom. The highest BCUT2D eigenvalue weighted by atomic mass is 32.2. The van der Waals surface area contributed by atoms with Crippen molar-refractivity contribution in [3.8, 4) is 5.69 Å². The fraction of sp³-hybridized carbons (Fsp3) is 0.375. The van der Waals surface area contributed by atoms with Crippen LogP contribution in [0.3, 0.4) is 0 Å². The molecule has 0 aliphatic carbocycles. The molecule has 8 heteroatoms. The molecule has 2 rings (SSSR count). The molecule has 0 fully saturated rings. The Morgan fingerprint density at radius 3 is 2.62 bits per heavy atom. The van der Waals surface area contributed by atoms with Crippen LogP contribution in [0.15, 0.2) is 65.1 Å². The van der Waals surface area contributed by atoms with Gasteiger partial charge >= 0.3 is 0 Å². The van der Waals surface area contributed by atoms with Crippen molar-refractivity contribution in [3.63, 3.8) is 0 Å². The van der Waals surface area contributed by atoms with Gasteiger partial charge in [0.25, 0.3) is 0 Å². The second-order valence-electron chi connectivity index (χ2n) is 8.10. The molecule has 2 aromatic rings. The van der Waals surface area contributed by atoms with Crippen LogP contribution in [0.5, 0.6) is 0 Å². The summed E-state index contributed by atoms with van der Waals surface area (Å²) in [6, 6.07) is 5.60. The first-order valence-corrected chi connectivity index (χ1v) is 12.1. The fourth-order valence-corrected chi connectivity index (χ4v) is 3.99. The lowest BCUT2D eigenvalue weighted by Gasteiger charge is -2.14. The minimum atomic E-state index is -3.99. The van der Waals surface area contributed by atoms with Gasteiger partial charge in [-0.2, -0.15) is 5.10 Å². The molecule has 0 bridgehead atoms. The number of benzene rings is 1. The van der Waals surface area contributed by atoms with Crippen molar-refractivity contribution >= 4 is 10.0 Å². The predicted molar refractivity (Wildman–Crippen MR) is 128 cm³/mol. The van der Waals surface area contributed by atoms with E-state index in [1.54, 1.807) is 10.8 Å². The molecular weight excluding hydrogens is 427 g/mol. The van der Waals surface area contributed by atoms with Gasteiger partial charge < -0.3 is 4.90 Å². The number of nitrogens with zero attached hydrogens (tertiary/aromatic N) is 3. The lowest BCUT2D eigenvalue weighted by molar-refractivity contribution is 0.316. The number of unbranched alkanes of at least 4 members (excludes halogenated alkanes) is 1. The molecule has 0 atom stereocenters. The molecule has 2 N–H and O–H groups in total. The van der Waals surface area contributed by atoms with Crippen molar-refractivity contribution in [2.75, 3.05) is 13.6 Å². The maximum Gasteiger partial charge on any atom is 0.238 e. The monoisotopic (exact) mass is 460 g/mol. The second-order valence-corrected chi connectivity index (χ2v) is 9.66. The number of aromatic nitrogens is 2. The van der Waals surface area contributed by atoms with Crippen LogP contribution in [0.25, 0.3) is 5.69 Å². The zero-order valence-electron chi connectivity index (χ0n) is 19.3. The Hall–Kier alpha value is -2.55. The summed E-state index contributed by atoms with van der Waals surface area (Å²) in [6.45, 7) is 11.4. The van der Waals surface area contributed by atoms with Gasteiger partial charge in [-0.05, 0) is 58.1 Å². The van der Waals surface area contributed by atoms with Gasteiger partial charge in [0.2, 0.25) is 10.0 Å². The molecule has 0 saturated heterocycles. The smallest absolute Gasteiger partial charge is 0.238 e. The fourth-order valence-electron chi connectivity index (χ4n) is 3.47. The van der Waals surface area contributed by atoms with Crippen molar-refractivity contribution < 1.29 is 12.8 Å². The number of rotatable bonds is 11. The Bertz CT molecular complexity index is 1120. The first-order chi connectivity index (χ1) is 15.0. The van der Waals surface area contributed by atoms with Gasteiger partial charge in [-0.3, -0.25) is 0 Å². The number of sulfonamides is 1. The van der Waals surface area contributed by atoms with Gasteiger partial charge in [0.15, 0.2) is 0 Å². The summed E-state index contributed by atoms with van der Waals surface area (Å²) in [7, 11) is -1.96. The first kappa shape index (κ1) is 25.7. The lowest BCUT2D eigenvalue weighted by Crippen LogP contribution is -2.19. The highest BCUT2D eigenvalue weighted by molar-refractivity contribution is 7.89. The molecule has 0 aliphatic heterocycles. The Balaban J connectivity index is 2.47. The van der Waals surface area contributed by atoms with Crippen LogP contribution in [0.4, 0.5) is 4.39 Å². The van der Waals surface area contributed by atoms with E-state index in [1.807, 2.05) is 39.1 Å². The molecule has 1 aromatic carbocycles. The third kappa shape index (κ3) is 7.25. The maximum atomic E-state index is 14.9. The van der Waals surface area contributed by atoms with Crippen molar-refractivity contribution in [3.05, 3.63) is 77.4 Å². The van der Waals surface area contributed by atoms with E-state index in [0.29, 0.717) is 13.0 Å². The zero-order valence-corrected chi connectivity index (χ0v) is 20.1. The SMILES string of the molecule is C=C/C=C(C)\C=C(/C)Cc1cc(CN(C)CCCC)nn1-c1ccc(S(N)(=O)=O)cc1F. The average Bonchev–Trinajstić information content (AvgIpc) is 3.07. The summed E-state index contributed by atoms with van der Waals surface area (Å²) < 4.78 is 39.6. The minimum Gasteiger partial charge on any atom is -0.300 e. The lowest BCUT2D eigenvalue weighted by atomic mass is 10.1. The third-order valence-electron chi connectivity index (χ3n) is 4.95. The normalized spacial score (nSPS) is 13.1. The van der Waals surface area contributed by atoms with E-state index in [-0.39, 0.29) is 10.6 Å². The number of allylic oxidation sites excluding steroid dienone is 5. The molecule has 1 heterocycles. The number of hydrogen-bond donors (Lipinski definition) is 1. The molecule has 0 spiro atoms. The Labute approximate surface area is 191 Å². The second kappa shape index (κ2) is 11.4. The van der Waals surface area contributed by atoms with Crippen LogP contribution in [-0.2, 0) is 23.0 Å². The molecule has 6 nitrogen and oxygen atoms in total. The van der Waals surface area contributed by atoms with Crippen LogP contribution in [0.1, 0.15) is 45.0 Å². The van der Waals surface area contributed by atoms with E-state index in [1.165, 1.54) is 12.1 Å². The van der Waals surface area contributed by atoms with Crippen molar-refractivity contribution in [1.29, 1.82) is 0 Å². The molecular formula is C24H33FN4O2S. The Morgan fingerprint density at radius 2 is 2.03 bits per heavy atom. The van der Waals surface area contributed by atoms with Crippen LogP contribution < -0.4 is 5.14 Å². The largest absolute Gasteiger partial charge is 0.300 e. The average molecular weight is 461 g/mol. The van der Waals surface area contributed by atoms with E-state index in [4.69, 9.17) is 5.14 Å². The van der Waals surface area contributed by atoms with Crippen LogP contribution in [0.2, 0.25) is 0 Å². The molecule has 32 heavy (non-hydrogen) atoms. The maximum absolute atomic E-state index is 14.9. The standard InChI is InChI=1S/C24H33FN4O2S/c1-6-8-12-28(5)17-20-15-21(14-19(4)13-18(3)9-7-2)29(27-20)24-11-10-22(16-23(24)25)32(26,30)31/h7,9-11,13,15-16H,2,6,8,12,14,17H2,1,3-5H3,(H2,26,30,31)/b18-9-,19-13+. The van der Waals surface area contributed by atoms with Crippen molar-refractivity contribution in [2.45, 2.75) is 51.5 Å². The van der Waals surface area contributed by atoms with Gasteiger partial charge in [0, 0.05) is 18.7 Å². The minimum absolute atomic E-state index is 0.181. The van der Waals surface area contributed by atoms with Crippen LogP contribution in [0, 0.1) is 5.82 Å². The number of primary sulfonamides is 1. The number of nitrogens with two attached hydrogens (primary N) is 1. The van der Waals surface area contributed by atoms with E-state index >= 15 is 0 Å². The molecule has 0 aliphatic rings. The summed E-state index contributed by atoms with van der Waals surface area (Å²) in [4.78, 5) is 1.91. The van der Waals surface area contributed by atoms with E-state index in [2.05, 4.69) is 23.5 Å². The first-order valence-electron chi connectivity index (χ1n) is 10.6. The number of hydrogen-bond acceptors (Lipinski definition) is 4. The predicted octanol–water partition coefficient (Wildman–Crippen LogP) is 4.51. The van der Waals surface area contributed by atoms with Gasteiger partial charge in [-0.15, -0.1) is 0 Å². The topological polar surface area (TPSA) is 81.2 Å². The van der Waals surface area contributed by atoms with E-state index < -0.39 is 15.8 Å². The highest BCUT2D eigenvalue weighted by Crippen LogP contribution is 2.22. The molecule has 0 amide bonds. The third-order valence-corrected chi connectivity index (χ3v) is 5.86. The molecule has 0 unspecified atom stereocenters. The van der Waals surface area contributed by atoms with Crippen LogP contribution in [-0.4, -0.2) is 36.7 Å². The van der Waals surface area contributed by atoms with Crippen molar-refractivity contribution in [1.82, 2.24) is 14.7 Å². The van der Waals surface area contributed by atoms with Crippen molar-refractivity contribution in [2.24, 2.45) is 5.14 Å². The summed E-state index contributed by atoms with van der Waals surface area (Å²) >= 11 is 0. The highest BCUT2D eigenvalue weighted by Gasteiger charge is 2.17. The zero-order chi connectivity index (χ0) is 23.9.